The van der Waals surface area contributed by atoms with Gasteiger partial charge in [-0.1, -0.05) is 25.7 Å². The van der Waals surface area contributed by atoms with Crippen molar-refractivity contribution in [3.8, 4) is 0 Å². The van der Waals surface area contributed by atoms with Crippen LogP contribution in [0.5, 0.6) is 0 Å². The summed E-state index contributed by atoms with van der Waals surface area (Å²) in [6.45, 7) is 1.65. The van der Waals surface area contributed by atoms with Crippen LogP contribution < -0.4 is 5.73 Å². The summed E-state index contributed by atoms with van der Waals surface area (Å²) in [7, 11) is 0. The van der Waals surface area contributed by atoms with Crippen LogP contribution in [-0.4, -0.2) is 41.7 Å². The molecule has 0 aromatic carbocycles. The predicted octanol–water partition coefficient (Wildman–Crippen LogP) is 0.879. The molecule has 1 heterocycles. The lowest BCUT2D eigenvalue weighted by molar-refractivity contribution is -0.141. The molecule has 2 rings (SSSR count). The number of nitrogens with two attached hydrogens (primary N) is 1. The molecule has 0 aromatic rings. The summed E-state index contributed by atoms with van der Waals surface area (Å²) in [5.74, 6) is 0.193. The summed E-state index contributed by atoms with van der Waals surface area (Å²) in [6.07, 6.45) is 6.89. The van der Waals surface area contributed by atoms with E-state index < -0.39 is 0 Å². The Morgan fingerprint density at radius 3 is 2.41 bits per heavy atom. The fourth-order valence-electron chi connectivity index (χ4n) is 3.17. The van der Waals surface area contributed by atoms with Gasteiger partial charge in [0.2, 0.25) is 5.91 Å². The zero-order valence-corrected chi connectivity index (χ0v) is 10.5. The standard InChI is InChI=1S/C13H24N2O2/c14-10-13(6-3-1-2-4-7-13)12(17)15-8-5-11(16)9-15/h11,16H,1-10,14H2/t11-/m1/s1. The van der Waals surface area contributed by atoms with Crippen LogP contribution in [0.4, 0.5) is 0 Å². The van der Waals surface area contributed by atoms with Gasteiger partial charge in [-0.05, 0) is 19.3 Å². The van der Waals surface area contributed by atoms with Gasteiger partial charge in [0.15, 0.2) is 0 Å². The summed E-state index contributed by atoms with van der Waals surface area (Å²) in [5, 5.41) is 9.53. The predicted molar refractivity (Wildman–Crippen MR) is 66.4 cm³/mol. The second-order valence-electron chi connectivity index (χ2n) is 5.59. The maximum Gasteiger partial charge on any atom is 0.230 e. The van der Waals surface area contributed by atoms with E-state index in [1.54, 1.807) is 0 Å². The molecule has 3 N–H and O–H groups in total. The molecule has 0 aromatic heterocycles. The van der Waals surface area contributed by atoms with Gasteiger partial charge in [-0.3, -0.25) is 4.79 Å². The molecular formula is C13H24N2O2. The topological polar surface area (TPSA) is 66.6 Å². The van der Waals surface area contributed by atoms with Gasteiger partial charge >= 0.3 is 0 Å². The van der Waals surface area contributed by atoms with Crippen LogP contribution in [-0.2, 0) is 4.79 Å². The smallest absolute Gasteiger partial charge is 0.230 e. The normalized spacial score (nSPS) is 29.1. The Morgan fingerprint density at radius 2 is 1.94 bits per heavy atom. The number of hydrogen-bond acceptors (Lipinski definition) is 3. The summed E-state index contributed by atoms with van der Waals surface area (Å²) in [6, 6.07) is 0. The third kappa shape index (κ3) is 2.63. The van der Waals surface area contributed by atoms with Crippen LogP contribution in [0.15, 0.2) is 0 Å². The summed E-state index contributed by atoms with van der Waals surface area (Å²) >= 11 is 0. The molecule has 1 aliphatic carbocycles. The molecule has 98 valence electrons. The van der Waals surface area contributed by atoms with Gasteiger partial charge in [0.05, 0.1) is 11.5 Å². The number of nitrogens with zero attached hydrogens (tertiary/aromatic N) is 1. The molecule has 1 amide bonds. The minimum Gasteiger partial charge on any atom is -0.391 e. The van der Waals surface area contributed by atoms with Crippen LogP contribution in [0.2, 0.25) is 0 Å². The first-order valence-corrected chi connectivity index (χ1v) is 6.85. The monoisotopic (exact) mass is 240 g/mol. The van der Waals surface area contributed by atoms with Crippen molar-refractivity contribution in [2.45, 2.75) is 51.0 Å². The van der Waals surface area contributed by atoms with Crippen LogP contribution in [0, 0.1) is 5.41 Å². The zero-order valence-electron chi connectivity index (χ0n) is 10.5. The van der Waals surface area contributed by atoms with E-state index in [0.29, 0.717) is 26.1 Å². The molecule has 4 nitrogen and oxygen atoms in total. The van der Waals surface area contributed by atoms with E-state index >= 15 is 0 Å². The van der Waals surface area contributed by atoms with Crippen molar-refractivity contribution >= 4 is 5.91 Å². The summed E-state index contributed by atoms with van der Waals surface area (Å²) in [4.78, 5) is 14.4. The number of amides is 1. The van der Waals surface area contributed by atoms with E-state index in [1.807, 2.05) is 4.90 Å². The number of carbonyl (C=O) groups excluding carboxylic acids is 1. The third-order valence-electron chi connectivity index (χ3n) is 4.36. The van der Waals surface area contributed by atoms with Gasteiger partial charge in [-0.2, -0.15) is 0 Å². The fourth-order valence-corrected chi connectivity index (χ4v) is 3.17. The molecule has 4 heteroatoms. The highest BCUT2D eigenvalue weighted by atomic mass is 16.3. The molecular weight excluding hydrogens is 216 g/mol. The Labute approximate surface area is 103 Å². The van der Waals surface area contributed by atoms with Gasteiger partial charge < -0.3 is 15.7 Å². The number of aliphatic hydroxyl groups is 1. The molecule has 0 spiro atoms. The second-order valence-corrected chi connectivity index (χ2v) is 5.59. The van der Waals surface area contributed by atoms with Gasteiger partial charge in [0, 0.05) is 19.6 Å². The first kappa shape index (κ1) is 12.8. The number of rotatable bonds is 2. The molecule has 1 saturated heterocycles. The maximum atomic E-state index is 12.6. The number of carbonyl (C=O) groups is 1. The molecule has 0 radical (unpaired) electrons. The summed E-state index contributed by atoms with van der Waals surface area (Å²) in [5.41, 5.74) is 5.57. The number of aliphatic hydroxyl groups excluding tert-OH is 1. The first-order valence-electron chi connectivity index (χ1n) is 6.85. The van der Waals surface area contributed by atoms with E-state index in [2.05, 4.69) is 0 Å². The van der Waals surface area contributed by atoms with Crippen molar-refractivity contribution in [1.82, 2.24) is 4.90 Å². The van der Waals surface area contributed by atoms with Gasteiger partial charge in [-0.15, -0.1) is 0 Å². The van der Waals surface area contributed by atoms with Gasteiger partial charge in [0.25, 0.3) is 0 Å². The maximum absolute atomic E-state index is 12.6. The number of β-amino-alcohol motifs (C(OH)–C–C–N with tert-alkyl or cyclic N) is 1. The molecule has 0 unspecified atom stereocenters. The van der Waals surface area contributed by atoms with Gasteiger partial charge in [-0.25, -0.2) is 0 Å². The lowest BCUT2D eigenvalue weighted by Gasteiger charge is -2.34. The SMILES string of the molecule is NCC1(C(=O)N2CC[C@@H](O)C2)CCCCCC1. The Morgan fingerprint density at radius 1 is 1.29 bits per heavy atom. The highest BCUT2D eigenvalue weighted by molar-refractivity contribution is 5.83. The first-order chi connectivity index (χ1) is 8.18. The highest BCUT2D eigenvalue weighted by Crippen LogP contribution is 2.36. The van der Waals surface area contributed by atoms with Crippen molar-refractivity contribution in [3.05, 3.63) is 0 Å². The molecule has 1 aliphatic heterocycles. The Hall–Kier alpha value is -0.610. The van der Waals surface area contributed by atoms with Crippen molar-refractivity contribution in [2.24, 2.45) is 11.1 Å². The lowest BCUT2D eigenvalue weighted by atomic mass is 9.79. The van der Waals surface area contributed by atoms with Crippen LogP contribution in [0.1, 0.15) is 44.9 Å². The van der Waals surface area contributed by atoms with Crippen molar-refractivity contribution in [3.63, 3.8) is 0 Å². The molecule has 0 bridgehead atoms. The number of likely N-dealkylation sites (tertiary alicyclic amines) is 1. The van der Waals surface area contributed by atoms with Gasteiger partial charge in [0.1, 0.15) is 0 Å². The van der Waals surface area contributed by atoms with Crippen LogP contribution in [0.3, 0.4) is 0 Å². The Bertz CT molecular complexity index is 273. The average Bonchev–Trinajstić information content (AvgIpc) is 2.64. The van der Waals surface area contributed by atoms with E-state index in [1.165, 1.54) is 12.8 Å². The average molecular weight is 240 g/mol. The fraction of sp³-hybridized carbons (Fsp3) is 0.923. The number of hydrogen-bond donors (Lipinski definition) is 2. The molecule has 1 atom stereocenters. The van der Waals surface area contributed by atoms with E-state index in [-0.39, 0.29) is 17.4 Å². The highest BCUT2D eigenvalue weighted by Gasteiger charge is 2.41. The second kappa shape index (κ2) is 5.36. The van der Waals surface area contributed by atoms with Crippen LogP contribution in [0.25, 0.3) is 0 Å². The minimum absolute atomic E-state index is 0.193. The van der Waals surface area contributed by atoms with Crippen molar-refractivity contribution < 1.29 is 9.90 Å². The quantitative estimate of drug-likeness (QED) is 0.704. The Balaban J connectivity index is 2.07. The Kier molecular flexibility index (Phi) is 4.05. The van der Waals surface area contributed by atoms with Crippen molar-refractivity contribution in [1.29, 1.82) is 0 Å². The molecule has 1 saturated carbocycles. The molecule has 17 heavy (non-hydrogen) atoms. The lowest BCUT2D eigenvalue weighted by Crippen LogP contribution is -2.47. The van der Waals surface area contributed by atoms with Crippen molar-refractivity contribution in [2.75, 3.05) is 19.6 Å². The molecule has 2 fully saturated rings. The van der Waals surface area contributed by atoms with Crippen LogP contribution >= 0.6 is 0 Å². The minimum atomic E-state index is -0.334. The van der Waals surface area contributed by atoms with E-state index in [9.17, 15) is 9.90 Å². The third-order valence-corrected chi connectivity index (χ3v) is 4.36. The largest absolute Gasteiger partial charge is 0.391 e. The van der Waals surface area contributed by atoms with E-state index in [0.717, 1.165) is 25.7 Å². The van der Waals surface area contributed by atoms with E-state index in [4.69, 9.17) is 5.73 Å². The zero-order chi connectivity index (χ0) is 12.3. The molecule has 2 aliphatic rings. The summed E-state index contributed by atoms with van der Waals surface area (Å²) < 4.78 is 0.